The zero-order valence-electron chi connectivity index (χ0n) is 12.5. The smallest absolute Gasteiger partial charge is 0.274 e. The number of hydrogen-bond acceptors (Lipinski definition) is 4. The Labute approximate surface area is 136 Å². The molecule has 0 amide bonds. The monoisotopic (exact) mass is 322 g/mol. The molecule has 2 aromatic heterocycles. The molecule has 2 heterocycles. The number of rotatable bonds is 3. The summed E-state index contributed by atoms with van der Waals surface area (Å²) in [6, 6.07) is 15.4. The van der Waals surface area contributed by atoms with Crippen molar-refractivity contribution in [1.82, 2.24) is 9.38 Å². The summed E-state index contributed by atoms with van der Waals surface area (Å²) in [4.78, 5) is 18.0. The van der Waals surface area contributed by atoms with Crippen LogP contribution in [0.25, 0.3) is 22.1 Å². The lowest BCUT2D eigenvalue weighted by molar-refractivity contribution is 0.339. The highest BCUT2D eigenvalue weighted by atomic mass is 32.1. The van der Waals surface area contributed by atoms with Gasteiger partial charge in [0.15, 0.2) is 4.96 Å². The number of imidazole rings is 1. The molecule has 0 radical (unpaired) electrons. The molecule has 5 heteroatoms. The van der Waals surface area contributed by atoms with Gasteiger partial charge in [0, 0.05) is 5.56 Å². The average Bonchev–Trinajstić information content (AvgIpc) is 3.07. The molecule has 4 rings (SSSR count). The Kier molecular flexibility index (Phi) is 3.35. The van der Waals surface area contributed by atoms with Crippen molar-refractivity contribution in [1.29, 1.82) is 0 Å². The fourth-order valence-electron chi connectivity index (χ4n) is 2.64. The summed E-state index contributed by atoms with van der Waals surface area (Å²) in [5.74, 6) is 0.783. The topological polar surface area (TPSA) is 43.6 Å². The Morgan fingerprint density at radius 1 is 1.17 bits per heavy atom. The minimum absolute atomic E-state index is 0.0370. The lowest BCUT2D eigenvalue weighted by Gasteiger charge is -2.05. The molecule has 114 valence electrons. The molecule has 0 saturated carbocycles. The van der Waals surface area contributed by atoms with Gasteiger partial charge in [0.05, 0.1) is 22.2 Å². The maximum atomic E-state index is 12.7. The Balaban J connectivity index is 1.96. The van der Waals surface area contributed by atoms with E-state index in [-0.39, 0.29) is 5.56 Å². The summed E-state index contributed by atoms with van der Waals surface area (Å²) in [7, 11) is 0. The highest BCUT2D eigenvalue weighted by molar-refractivity contribution is 7.15. The molecular formula is C18H14N2O2S. The van der Waals surface area contributed by atoms with Crippen molar-refractivity contribution >= 4 is 33.4 Å². The molecule has 23 heavy (non-hydrogen) atoms. The molecule has 4 aromatic rings. The van der Waals surface area contributed by atoms with Crippen LogP contribution < -0.4 is 14.8 Å². The first-order chi connectivity index (χ1) is 11.3. The Morgan fingerprint density at radius 3 is 2.83 bits per heavy atom. The van der Waals surface area contributed by atoms with Crippen molar-refractivity contribution < 1.29 is 4.74 Å². The Hall–Kier alpha value is -2.66. The fourth-order valence-corrected chi connectivity index (χ4v) is 3.62. The molecular weight excluding hydrogens is 308 g/mol. The third-order valence-corrected chi connectivity index (χ3v) is 4.62. The van der Waals surface area contributed by atoms with Crippen LogP contribution in [0.4, 0.5) is 0 Å². The predicted molar refractivity (Wildman–Crippen MR) is 93.2 cm³/mol. The summed E-state index contributed by atoms with van der Waals surface area (Å²) in [5, 5.41) is 0. The zero-order valence-corrected chi connectivity index (χ0v) is 13.3. The maximum absolute atomic E-state index is 12.7. The van der Waals surface area contributed by atoms with Crippen molar-refractivity contribution in [2.24, 2.45) is 0 Å². The van der Waals surface area contributed by atoms with Crippen LogP contribution in [0.5, 0.6) is 5.75 Å². The average molecular weight is 322 g/mol. The standard InChI is InChI=1S/C18H14N2O2S/c1-2-22-15-10-6-3-7-12(15)11-16-17(21)20-14-9-5-4-8-13(14)19-18(20)23-16/h3-11H,2H2,1H3/b16-11+. The summed E-state index contributed by atoms with van der Waals surface area (Å²) in [6.45, 7) is 2.54. The molecule has 2 aromatic carbocycles. The highest BCUT2D eigenvalue weighted by Crippen LogP contribution is 2.19. The lowest BCUT2D eigenvalue weighted by Crippen LogP contribution is -2.22. The highest BCUT2D eigenvalue weighted by Gasteiger charge is 2.11. The summed E-state index contributed by atoms with van der Waals surface area (Å²) >= 11 is 1.40. The van der Waals surface area contributed by atoms with Crippen LogP contribution in [0.3, 0.4) is 0 Å². The van der Waals surface area contributed by atoms with E-state index in [1.807, 2.05) is 61.5 Å². The van der Waals surface area contributed by atoms with Gasteiger partial charge in [-0.2, -0.15) is 0 Å². The normalized spacial score (nSPS) is 12.3. The van der Waals surface area contributed by atoms with E-state index in [9.17, 15) is 4.79 Å². The van der Waals surface area contributed by atoms with E-state index in [4.69, 9.17) is 4.74 Å². The van der Waals surface area contributed by atoms with Gasteiger partial charge in [0.25, 0.3) is 5.56 Å². The van der Waals surface area contributed by atoms with E-state index in [1.54, 1.807) is 4.40 Å². The van der Waals surface area contributed by atoms with Gasteiger partial charge >= 0.3 is 0 Å². The number of fused-ring (bicyclic) bond motifs is 3. The van der Waals surface area contributed by atoms with Gasteiger partial charge in [-0.1, -0.05) is 41.7 Å². The largest absolute Gasteiger partial charge is 0.493 e. The third kappa shape index (κ3) is 2.29. The first kappa shape index (κ1) is 14.0. The number of aromatic nitrogens is 2. The van der Waals surface area contributed by atoms with Gasteiger partial charge in [-0.05, 0) is 31.2 Å². The molecule has 0 N–H and O–H groups in total. The number of ether oxygens (including phenoxy) is 1. The number of thiazole rings is 1. The molecule has 0 atom stereocenters. The minimum atomic E-state index is -0.0370. The Morgan fingerprint density at radius 2 is 1.96 bits per heavy atom. The zero-order chi connectivity index (χ0) is 15.8. The van der Waals surface area contributed by atoms with Gasteiger partial charge < -0.3 is 4.74 Å². The second-order valence-electron chi connectivity index (χ2n) is 5.11. The van der Waals surface area contributed by atoms with Crippen molar-refractivity contribution in [3.05, 3.63) is 69.0 Å². The lowest BCUT2D eigenvalue weighted by atomic mass is 10.2. The first-order valence-corrected chi connectivity index (χ1v) is 8.23. The maximum Gasteiger partial charge on any atom is 0.274 e. The van der Waals surface area contributed by atoms with Crippen molar-refractivity contribution in [3.63, 3.8) is 0 Å². The molecule has 0 unspecified atom stereocenters. The van der Waals surface area contributed by atoms with Crippen LogP contribution in [0.15, 0.2) is 53.3 Å². The Bertz CT molecular complexity index is 1110. The molecule has 0 saturated heterocycles. The second-order valence-corrected chi connectivity index (χ2v) is 6.11. The van der Waals surface area contributed by atoms with Crippen LogP contribution in [-0.2, 0) is 0 Å². The van der Waals surface area contributed by atoms with Gasteiger partial charge in [-0.15, -0.1) is 0 Å². The van der Waals surface area contributed by atoms with Gasteiger partial charge in [-0.25, -0.2) is 9.38 Å². The van der Waals surface area contributed by atoms with Crippen LogP contribution >= 0.6 is 11.3 Å². The van der Waals surface area contributed by atoms with Gasteiger partial charge in [0.1, 0.15) is 5.75 Å². The molecule has 0 aliphatic rings. The van der Waals surface area contributed by atoms with Crippen LogP contribution in [0.1, 0.15) is 12.5 Å². The van der Waals surface area contributed by atoms with E-state index in [0.29, 0.717) is 11.1 Å². The van der Waals surface area contributed by atoms with E-state index in [2.05, 4.69) is 4.98 Å². The molecule has 0 aliphatic carbocycles. The molecule has 0 aliphatic heterocycles. The summed E-state index contributed by atoms with van der Waals surface area (Å²) < 4.78 is 7.96. The minimum Gasteiger partial charge on any atom is -0.493 e. The van der Waals surface area contributed by atoms with Gasteiger partial charge in [-0.3, -0.25) is 4.79 Å². The predicted octanol–water partition coefficient (Wildman–Crippen LogP) is 2.86. The summed E-state index contributed by atoms with van der Waals surface area (Å²) in [5.41, 5.74) is 2.56. The number of hydrogen-bond donors (Lipinski definition) is 0. The van der Waals surface area contributed by atoms with E-state index < -0.39 is 0 Å². The van der Waals surface area contributed by atoms with Gasteiger partial charge in [0.2, 0.25) is 0 Å². The van der Waals surface area contributed by atoms with E-state index >= 15 is 0 Å². The number of benzene rings is 2. The first-order valence-electron chi connectivity index (χ1n) is 7.41. The van der Waals surface area contributed by atoms with Crippen molar-refractivity contribution in [3.8, 4) is 5.75 Å². The SMILES string of the molecule is CCOc1ccccc1/C=c1/sc2nc3ccccc3n2c1=O. The molecule has 0 bridgehead atoms. The van der Waals surface area contributed by atoms with E-state index in [0.717, 1.165) is 27.3 Å². The summed E-state index contributed by atoms with van der Waals surface area (Å²) in [6.07, 6.45) is 1.88. The second kappa shape index (κ2) is 5.52. The number of para-hydroxylation sites is 3. The quantitative estimate of drug-likeness (QED) is 0.582. The van der Waals surface area contributed by atoms with Crippen molar-refractivity contribution in [2.45, 2.75) is 6.92 Å². The molecule has 0 spiro atoms. The van der Waals surface area contributed by atoms with Crippen molar-refractivity contribution in [2.75, 3.05) is 6.61 Å². The van der Waals surface area contributed by atoms with Crippen LogP contribution in [0, 0.1) is 0 Å². The van der Waals surface area contributed by atoms with Crippen LogP contribution in [-0.4, -0.2) is 16.0 Å². The third-order valence-electron chi connectivity index (χ3n) is 3.65. The van der Waals surface area contributed by atoms with E-state index in [1.165, 1.54) is 11.3 Å². The number of nitrogens with zero attached hydrogens (tertiary/aromatic N) is 2. The molecule has 0 fully saturated rings. The van der Waals surface area contributed by atoms with Crippen LogP contribution in [0.2, 0.25) is 0 Å². The fraction of sp³-hybridized carbons (Fsp3) is 0.111. The molecule has 4 nitrogen and oxygen atoms in total.